The van der Waals surface area contributed by atoms with Crippen molar-refractivity contribution in [2.24, 2.45) is 11.7 Å². The van der Waals surface area contributed by atoms with Crippen LogP contribution in [0.2, 0.25) is 0 Å². The number of nitrogens with one attached hydrogen (secondary N) is 1. The van der Waals surface area contributed by atoms with Crippen LogP contribution in [0.5, 0.6) is 0 Å². The number of Topliss-reactive ketones (excluding diaryl/α,β-unsaturated/α-hetero) is 2. The Balaban J connectivity index is 0.000000535. The number of hydrogen-bond donors (Lipinski definition) is 4. The second-order valence-corrected chi connectivity index (χ2v) is 8.21. The van der Waals surface area contributed by atoms with Crippen LogP contribution in [-0.4, -0.2) is 90.2 Å². The van der Waals surface area contributed by atoms with Gasteiger partial charge in [0.05, 0.1) is 30.4 Å². The number of hydrogen-bond acceptors (Lipinski definition) is 9. The maximum absolute atomic E-state index is 13.3. The summed E-state index contributed by atoms with van der Waals surface area (Å²) in [6, 6.07) is 0.222. The Kier molecular flexibility index (Phi) is 5.54. The number of amides is 1. The van der Waals surface area contributed by atoms with Crippen LogP contribution in [0.15, 0.2) is 22.6 Å². The van der Waals surface area contributed by atoms with Crippen molar-refractivity contribution in [1.29, 1.82) is 0 Å². The molecule has 31 heavy (non-hydrogen) atoms. The normalized spacial score (nSPS) is 35.5. The summed E-state index contributed by atoms with van der Waals surface area (Å²) >= 11 is 0. The monoisotopic (exact) mass is 437 g/mol. The van der Waals surface area contributed by atoms with E-state index < -0.39 is 17.7 Å². The van der Waals surface area contributed by atoms with E-state index in [-0.39, 0.29) is 48.7 Å². The van der Waals surface area contributed by atoms with E-state index in [9.17, 15) is 14.7 Å². The third kappa shape index (κ3) is 3.23. The van der Waals surface area contributed by atoms with Gasteiger partial charge >= 0.3 is 6.09 Å². The Labute approximate surface area is 178 Å². The molecule has 0 aromatic rings. The van der Waals surface area contributed by atoms with Crippen LogP contribution < -0.4 is 11.1 Å². The molecule has 4 aliphatic heterocycles. The van der Waals surface area contributed by atoms with Crippen molar-refractivity contribution >= 4 is 17.7 Å². The number of nitrogens with zero attached hydrogens (tertiary/aromatic N) is 1. The van der Waals surface area contributed by atoms with Gasteiger partial charge < -0.3 is 40.4 Å². The molecule has 4 heterocycles. The minimum absolute atomic E-state index is 0.00223. The molecule has 0 radical (unpaired) electrons. The lowest BCUT2D eigenvalue weighted by molar-refractivity contribution is -0.137. The molecule has 0 spiro atoms. The average molecular weight is 437 g/mol. The molecule has 170 valence electrons. The predicted molar refractivity (Wildman–Crippen MR) is 105 cm³/mol. The second-order valence-electron chi connectivity index (χ2n) is 8.21. The fourth-order valence-electron chi connectivity index (χ4n) is 5.25. The average Bonchev–Trinajstić information content (AvgIpc) is 3.09. The van der Waals surface area contributed by atoms with Gasteiger partial charge in [0.15, 0.2) is 11.5 Å². The molecular formula is C20H27N3O8. The van der Waals surface area contributed by atoms with Crippen molar-refractivity contribution in [1.82, 2.24) is 10.2 Å². The quantitative estimate of drug-likeness (QED) is 0.312. The number of carbonyl (C=O) groups excluding carboxylic acids is 2. The van der Waals surface area contributed by atoms with Gasteiger partial charge in [-0.15, -0.1) is 0 Å². The molecule has 0 bridgehead atoms. The van der Waals surface area contributed by atoms with E-state index in [0.717, 1.165) is 12.8 Å². The standard InChI is InChI=1S/C19H24N2O6.CH3NO2/c1-9-15(23)14-13(16(24)17(9)27-8-10-4-3-5-26-10)11(7-22)19(25-2)18-12(20-18)6-21(14)19;2-1(3)4/h10-12,18,20,22H,3-8H2,1-2H3;2H2,(H,3,4). The van der Waals surface area contributed by atoms with Crippen LogP contribution in [0, 0.1) is 5.92 Å². The Morgan fingerprint density at radius 1 is 1.39 bits per heavy atom. The third-order valence-electron chi connectivity index (χ3n) is 6.60. The van der Waals surface area contributed by atoms with Gasteiger partial charge in [0.1, 0.15) is 6.61 Å². The van der Waals surface area contributed by atoms with Gasteiger partial charge in [0.25, 0.3) is 0 Å². The van der Waals surface area contributed by atoms with Crippen LogP contribution in [0.25, 0.3) is 0 Å². The summed E-state index contributed by atoms with van der Waals surface area (Å²) in [5.74, 6) is -1.04. The summed E-state index contributed by atoms with van der Waals surface area (Å²) in [7, 11) is 1.57. The first kappa shape index (κ1) is 21.8. The Hall–Kier alpha value is -2.47. The highest BCUT2D eigenvalue weighted by molar-refractivity contribution is 6.25. The van der Waals surface area contributed by atoms with Crippen LogP contribution in [0.4, 0.5) is 4.79 Å². The number of nitrogens with two attached hydrogens (primary N) is 1. The molecule has 5 unspecified atom stereocenters. The van der Waals surface area contributed by atoms with E-state index in [4.69, 9.17) is 24.1 Å². The van der Waals surface area contributed by atoms with E-state index >= 15 is 0 Å². The van der Waals surface area contributed by atoms with Gasteiger partial charge in [-0.2, -0.15) is 0 Å². The molecule has 3 fully saturated rings. The van der Waals surface area contributed by atoms with E-state index in [1.54, 1.807) is 14.0 Å². The highest BCUT2D eigenvalue weighted by atomic mass is 16.5. The number of aliphatic hydroxyl groups is 1. The smallest absolute Gasteiger partial charge is 0.402 e. The van der Waals surface area contributed by atoms with Crippen molar-refractivity contribution in [3.05, 3.63) is 22.6 Å². The van der Waals surface area contributed by atoms with Gasteiger partial charge in [0.2, 0.25) is 11.6 Å². The third-order valence-corrected chi connectivity index (χ3v) is 6.60. The van der Waals surface area contributed by atoms with Crippen LogP contribution in [0.3, 0.4) is 0 Å². The summed E-state index contributed by atoms with van der Waals surface area (Å²) in [5, 5.41) is 20.7. The number of ether oxygens (including phenoxy) is 3. The lowest BCUT2D eigenvalue weighted by Crippen LogP contribution is -2.54. The molecule has 3 saturated heterocycles. The highest BCUT2D eigenvalue weighted by Crippen LogP contribution is 2.55. The zero-order valence-electron chi connectivity index (χ0n) is 17.4. The van der Waals surface area contributed by atoms with Crippen molar-refractivity contribution in [2.45, 2.75) is 43.7 Å². The van der Waals surface area contributed by atoms with E-state index in [1.165, 1.54) is 0 Å². The summed E-state index contributed by atoms with van der Waals surface area (Å²) in [5.41, 5.74) is 4.15. The molecule has 11 heteroatoms. The first-order chi connectivity index (χ1) is 14.8. The molecule has 0 aromatic carbocycles. The Morgan fingerprint density at radius 3 is 2.68 bits per heavy atom. The summed E-state index contributed by atoms with van der Waals surface area (Å²) in [6.07, 6.45) is 0.476. The molecule has 1 amide bonds. The summed E-state index contributed by atoms with van der Waals surface area (Å²) in [6.45, 7) is 2.90. The zero-order valence-corrected chi connectivity index (χ0v) is 17.4. The lowest BCUT2D eigenvalue weighted by atomic mass is 9.83. The van der Waals surface area contributed by atoms with E-state index in [0.29, 0.717) is 30.0 Å². The van der Waals surface area contributed by atoms with Gasteiger partial charge in [-0.05, 0) is 19.8 Å². The zero-order chi connectivity index (χ0) is 22.5. The van der Waals surface area contributed by atoms with Crippen molar-refractivity contribution in [3.8, 4) is 0 Å². The van der Waals surface area contributed by atoms with Gasteiger partial charge in [0, 0.05) is 37.4 Å². The van der Waals surface area contributed by atoms with Crippen molar-refractivity contribution in [2.75, 3.05) is 33.5 Å². The van der Waals surface area contributed by atoms with Crippen LogP contribution in [-0.2, 0) is 23.8 Å². The molecule has 0 aromatic heterocycles. The highest BCUT2D eigenvalue weighted by Gasteiger charge is 2.72. The van der Waals surface area contributed by atoms with Gasteiger partial charge in [-0.1, -0.05) is 0 Å². The number of piperazine rings is 1. The topological polar surface area (TPSA) is 171 Å². The molecule has 11 nitrogen and oxygen atoms in total. The molecule has 5 atom stereocenters. The number of aliphatic hydroxyl groups excluding tert-OH is 1. The number of carbonyl (C=O) groups is 3. The SMILES string of the molecule is COC12C(CO)C3=C(C(=O)C(C)=C(OCC4CCCO4)C3=O)N1CC1NC12.NC(=O)O. The predicted octanol–water partition coefficient (Wildman–Crippen LogP) is -0.894. The molecular weight excluding hydrogens is 410 g/mol. The summed E-state index contributed by atoms with van der Waals surface area (Å²) < 4.78 is 17.2. The molecule has 5 rings (SSSR count). The number of allylic oxidation sites excluding steroid dienone is 2. The van der Waals surface area contributed by atoms with Gasteiger partial charge in [-0.25, -0.2) is 4.79 Å². The van der Waals surface area contributed by atoms with Crippen molar-refractivity contribution < 1.29 is 38.8 Å². The molecule has 5 N–H and O–H groups in total. The number of primary amides is 1. The van der Waals surface area contributed by atoms with E-state index in [1.807, 2.05) is 4.90 Å². The maximum atomic E-state index is 13.3. The van der Waals surface area contributed by atoms with Crippen molar-refractivity contribution in [3.63, 3.8) is 0 Å². The molecule has 5 aliphatic rings. The number of rotatable bonds is 5. The Morgan fingerprint density at radius 2 is 2.10 bits per heavy atom. The Bertz CT molecular complexity index is 874. The fraction of sp³-hybridized carbons (Fsp3) is 0.650. The summed E-state index contributed by atoms with van der Waals surface area (Å²) in [4.78, 5) is 37.1. The second kappa shape index (κ2) is 7.90. The first-order valence-corrected chi connectivity index (χ1v) is 10.2. The maximum Gasteiger partial charge on any atom is 0.402 e. The number of methoxy groups -OCH3 is 1. The van der Waals surface area contributed by atoms with Gasteiger partial charge in [-0.3, -0.25) is 9.59 Å². The number of carboxylic acid groups (broad SMARTS) is 1. The number of ketones is 2. The van der Waals surface area contributed by atoms with Crippen LogP contribution >= 0.6 is 0 Å². The fourth-order valence-corrected chi connectivity index (χ4v) is 5.25. The first-order valence-electron chi connectivity index (χ1n) is 10.2. The largest absolute Gasteiger partial charge is 0.486 e. The minimum atomic E-state index is -1.33. The van der Waals surface area contributed by atoms with Crippen LogP contribution in [0.1, 0.15) is 19.8 Å². The minimum Gasteiger partial charge on any atom is -0.486 e. The number of fused-ring (bicyclic) bond motifs is 4. The molecule has 1 aliphatic carbocycles. The molecule has 0 saturated carbocycles. The lowest BCUT2D eigenvalue weighted by Gasteiger charge is -2.39. The van der Waals surface area contributed by atoms with E-state index in [2.05, 4.69) is 11.1 Å².